The molecule has 1 heterocycles. The Morgan fingerprint density at radius 2 is 2.00 bits per heavy atom. The average molecular weight is 339 g/mol. The number of ether oxygens (including phenoxy) is 1. The highest BCUT2D eigenvalue weighted by molar-refractivity contribution is 9.11. The molecule has 0 saturated carbocycles. The third-order valence-electron chi connectivity index (χ3n) is 3.27. The molecule has 1 fully saturated rings. The number of rotatable bonds is 4. The van der Waals surface area contributed by atoms with E-state index in [0.717, 1.165) is 4.90 Å². The standard InChI is InChI=1S/C14H15BrN2O3/c1-9(15)8-17-12(18)14(2,16-13(17)19)10-4-6-11(20-3)7-5-10/h4-7H,1,8H2,2-3H3,(H,16,19)/t14-/m1/s1. The molecule has 0 spiro atoms. The van der Waals surface area contributed by atoms with Crippen LogP contribution in [0.3, 0.4) is 0 Å². The Balaban J connectivity index is 2.32. The SMILES string of the molecule is C=C(Br)CN1C(=O)N[C@](C)(c2ccc(OC)cc2)C1=O. The Labute approximate surface area is 125 Å². The lowest BCUT2D eigenvalue weighted by Gasteiger charge is -2.22. The molecule has 1 aromatic rings. The first-order valence-corrected chi connectivity index (χ1v) is 6.79. The van der Waals surface area contributed by atoms with Gasteiger partial charge in [0.15, 0.2) is 0 Å². The predicted octanol–water partition coefficient (Wildman–Crippen LogP) is 2.37. The zero-order valence-electron chi connectivity index (χ0n) is 11.3. The zero-order chi connectivity index (χ0) is 14.9. The fraction of sp³-hybridized carbons (Fsp3) is 0.286. The number of carbonyl (C=O) groups excluding carboxylic acids is 2. The van der Waals surface area contributed by atoms with E-state index in [1.54, 1.807) is 38.3 Å². The highest BCUT2D eigenvalue weighted by Gasteiger charge is 2.48. The number of halogens is 1. The van der Waals surface area contributed by atoms with Gasteiger partial charge in [-0.25, -0.2) is 4.79 Å². The molecule has 0 unspecified atom stereocenters. The summed E-state index contributed by atoms with van der Waals surface area (Å²) >= 11 is 3.17. The number of nitrogens with one attached hydrogen (secondary N) is 1. The fourth-order valence-electron chi connectivity index (χ4n) is 2.13. The highest BCUT2D eigenvalue weighted by Crippen LogP contribution is 2.30. The van der Waals surface area contributed by atoms with Gasteiger partial charge < -0.3 is 10.1 Å². The maximum Gasteiger partial charge on any atom is 0.325 e. The van der Waals surface area contributed by atoms with Crippen LogP contribution in [0.4, 0.5) is 4.79 Å². The Hall–Kier alpha value is -1.82. The summed E-state index contributed by atoms with van der Waals surface area (Å²) in [6.45, 7) is 5.49. The van der Waals surface area contributed by atoms with Crippen molar-refractivity contribution in [3.8, 4) is 5.75 Å². The number of imide groups is 1. The fourth-order valence-corrected chi connectivity index (χ4v) is 2.38. The molecule has 1 aromatic carbocycles. The predicted molar refractivity (Wildman–Crippen MR) is 78.7 cm³/mol. The van der Waals surface area contributed by atoms with E-state index in [0.29, 0.717) is 15.8 Å². The largest absolute Gasteiger partial charge is 0.497 e. The zero-order valence-corrected chi connectivity index (χ0v) is 12.9. The van der Waals surface area contributed by atoms with Crippen LogP contribution < -0.4 is 10.1 Å². The van der Waals surface area contributed by atoms with Crippen molar-refractivity contribution < 1.29 is 14.3 Å². The first-order valence-electron chi connectivity index (χ1n) is 6.00. The number of carbonyl (C=O) groups is 2. The second kappa shape index (κ2) is 5.28. The number of nitrogens with zero attached hydrogens (tertiary/aromatic N) is 1. The van der Waals surface area contributed by atoms with Crippen LogP contribution in [0.5, 0.6) is 5.75 Å². The summed E-state index contributed by atoms with van der Waals surface area (Å²) in [5.41, 5.74) is -0.356. The smallest absolute Gasteiger partial charge is 0.325 e. The van der Waals surface area contributed by atoms with Crippen molar-refractivity contribution in [2.45, 2.75) is 12.5 Å². The monoisotopic (exact) mass is 338 g/mol. The van der Waals surface area contributed by atoms with Gasteiger partial charge in [0, 0.05) is 4.48 Å². The van der Waals surface area contributed by atoms with Crippen molar-refractivity contribution in [2.75, 3.05) is 13.7 Å². The molecule has 0 radical (unpaired) electrons. The van der Waals surface area contributed by atoms with Crippen LogP contribution in [0.15, 0.2) is 35.3 Å². The maximum absolute atomic E-state index is 12.5. The van der Waals surface area contributed by atoms with Crippen LogP contribution in [0, 0.1) is 0 Å². The van der Waals surface area contributed by atoms with Gasteiger partial charge in [0.25, 0.3) is 5.91 Å². The maximum atomic E-state index is 12.5. The summed E-state index contributed by atoms with van der Waals surface area (Å²) in [6.07, 6.45) is 0. The van der Waals surface area contributed by atoms with Crippen LogP contribution >= 0.6 is 15.9 Å². The minimum Gasteiger partial charge on any atom is -0.497 e. The van der Waals surface area contributed by atoms with E-state index in [4.69, 9.17) is 4.74 Å². The van der Waals surface area contributed by atoms with Crippen LogP contribution in [0.1, 0.15) is 12.5 Å². The molecule has 6 heteroatoms. The molecule has 0 aromatic heterocycles. The average Bonchev–Trinajstić information content (AvgIpc) is 2.63. The van der Waals surface area contributed by atoms with Gasteiger partial charge >= 0.3 is 6.03 Å². The van der Waals surface area contributed by atoms with E-state index >= 15 is 0 Å². The van der Waals surface area contributed by atoms with Gasteiger partial charge in [0.05, 0.1) is 13.7 Å². The first kappa shape index (κ1) is 14.6. The van der Waals surface area contributed by atoms with Crippen molar-refractivity contribution in [1.82, 2.24) is 10.2 Å². The number of hydrogen-bond donors (Lipinski definition) is 1. The van der Waals surface area contributed by atoms with Crippen LogP contribution in [-0.2, 0) is 10.3 Å². The van der Waals surface area contributed by atoms with Gasteiger partial charge in [-0.05, 0) is 24.6 Å². The van der Waals surface area contributed by atoms with E-state index in [-0.39, 0.29) is 12.5 Å². The van der Waals surface area contributed by atoms with Gasteiger partial charge in [-0.3, -0.25) is 9.69 Å². The molecule has 2 rings (SSSR count). The highest BCUT2D eigenvalue weighted by atomic mass is 79.9. The number of urea groups is 1. The molecule has 0 bridgehead atoms. The van der Waals surface area contributed by atoms with E-state index in [9.17, 15) is 9.59 Å². The van der Waals surface area contributed by atoms with Gasteiger partial charge in [-0.1, -0.05) is 34.6 Å². The number of methoxy groups -OCH3 is 1. The third-order valence-corrected chi connectivity index (χ3v) is 3.52. The summed E-state index contributed by atoms with van der Waals surface area (Å²) in [5, 5.41) is 2.72. The van der Waals surface area contributed by atoms with Gasteiger partial charge in [0.1, 0.15) is 11.3 Å². The molecule has 5 nitrogen and oxygen atoms in total. The van der Waals surface area contributed by atoms with Crippen LogP contribution in [0.25, 0.3) is 0 Å². The Morgan fingerprint density at radius 1 is 1.40 bits per heavy atom. The number of hydrogen-bond acceptors (Lipinski definition) is 3. The van der Waals surface area contributed by atoms with Crippen molar-refractivity contribution in [2.24, 2.45) is 0 Å². The minimum absolute atomic E-state index is 0.149. The lowest BCUT2D eigenvalue weighted by Crippen LogP contribution is -2.40. The summed E-state index contributed by atoms with van der Waals surface area (Å²) in [7, 11) is 1.57. The molecule has 1 saturated heterocycles. The molecule has 0 aliphatic carbocycles. The lowest BCUT2D eigenvalue weighted by molar-refractivity contribution is -0.130. The Bertz CT molecular complexity index is 570. The molecule has 1 atom stereocenters. The molecule has 3 amide bonds. The third kappa shape index (κ3) is 2.43. The second-order valence-electron chi connectivity index (χ2n) is 4.69. The van der Waals surface area contributed by atoms with Crippen molar-refractivity contribution in [3.05, 3.63) is 40.9 Å². The second-order valence-corrected chi connectivity index (χ2v) is 5.81. The van der Waals surface area contributed by atoms with Crippen molar-refractivity contribution in [3.63, 3.8) is 0 Å². The number of benzene rings is 1. The molecular formula is C14H15BrN2O3. The summed E-state index contributed by atoms with van der Waals surface area (Å²) in [6, 6.07) is 6.62. The van der Waals surface area contributed by atoms with Crippen molar-refractivity contribution >= 4 is 27.9 Å². The quantitative estimate of drug-likeness (QED) is 0.857. The topological polar surface area (TPSA) is 58.6 Å². The molecule has 1 aliphatic heterocycles. The Kier molecular flexibility index (Phi) is 3.85. The normalized spacial score (nSPS) is 21.9. The summed E-state index contributed by atoms with van der Waals surface area (Å²) < 4.78 is 5.66. The Morgan fingerprint density at radius 3 is 2.50 bits per heavy atom. The van der Waals surface area contributed by atoms with E-state index in [1.807, 2.05) is 0 Å². The molecular weight excluding hydrogens is 324 g/mol. The minimum atomic E-state index is -1.06. The van der Waals surface area contributed by atoms with E-state index in [2.05, 4.69) is 27.8 Å². The lowest BCUT2D eigenvalue weighted by atomic mass is 9.92. The summed E-state index contributed by atoms with van der Waals surface area (Å²) in [5.74, 6) is 0.396. The van der Waals surface area contributed by atoms with Gasteiger partial charge in [0.2, 0.25) is 0 Å². The van der Waals surface area contributed by atoms with Gasteiger partial charge in [-0.15, -0.1) is 0 Å². The first-order chi connectivity index (χ1) is 9.38. The van der Waals surface area contributed by atoms with Crippen LogP contribution in [0.2, 0.25) is 0 Å². The summed E-state index contributed by atoms with van der Waals surface area (Å²) in [4.78, 5) is 25.6. The van der Waals surface area contributed by atoms with Crippen LogP contribution in [-0.4, -0.2) is 30.5 Å². The molecule has 20 heavy (non-hydrogen) atoms. The van der Waals surface area contributed by atoms with Gasteiger partial charge in [-0.2, -0.15) is 0 Å². The van der Waals surface area contributed by atoms with E-state index in [1.165, 1.54) is 0 Å². The molecule has 106 valence electrons. The van der Waals surface area contributed by atoms with Crippen molar-refractivity contribution in [1.29, 1.82) is 0 Å². The molecule has 1 N–H and O–H groups in total. The molecule has 1 aliphatic rings. The number of amides is 3. The van der Waals surface area contributed by atoms with E-state index < -0.39 is 11.6 Å².